The van der Waals surface area contributed by atoms with E-state index in [2.05, 4.69) is 0 Å². The maximum Gasteiger partial charge on any atom is 0.152 e. The molecule has 0 aliphatic carbocycles. The van der Waals surface area contributed by atoms with Crippen molar-refractivity contribution in [2.75, 3.05) is 38.3 Å². The largest absolute Gasteiger partial charge is 0.388 e. The Kier molecular flexibility index (Phi) is 3.75. The van der Waals surface area contributed by atoms with Gasteiger partial charge in [-0.3, -0.25) is 4.90 Å². The van der Waals surface area contributed by atoms with Crippen LogP contribution in [0.1, 0.15) is 26.2 Å². The van der Waals surface area contributed by atoms with Crippen LogP contribution in [0.5, 0.6) is 0 Å². The first-order valence-electron chi connectivity index (χ1n) is 6.47. The van der Waals surface area contributed by atoms with Crippen molar-refractivity contribution in [3.8, 4) is 0 Å². The van der Waals surface area contributed by atoms with Crippen LogP contribution < -0.4 is 0 Å². The summed E-state index contributed by atoms with van der Waals surface area (Å²) in [5.74, 6) is 0.457. The van der Waals surface area contributed by atoms with Gasteiger partial charge in [-0.25, -0.2) is 8.42 Å². The highest BCUT2D eigenvalue weighted by atomic mass is 32.2. The van der Waals surface area contributed by atoms with Crippen LogP contribution in [-0.4, -0.2) is 67.9 Å². The van der Waals surface area contributed by atoms with Crippen molar-refractivity contribution in [3.63, 3.8) is 0 Å². The van der Waals surface area contributed by atoms with E-state index in [0.29, 0.717) is 39.0 Å². The molecule has 2 rings (SSSR count). The predicted molar refractivity (Wildman–Crippen MR) is 69.3 cm³/mol. The third-order valence-corrected chi connectivity index (χ3v) is 6.25. The summed E-state index contributed by atoms with van der Waals surface area (Å²) in [6.07, 6.45) is 1.90. The van der Waals surface area contributed by atoms with Crippen LogP contribution in [0.4, 0.5) is 0 Å². The van der Waals surface area contributed by atoms with E-state index in [-0.39, 0.29) is 17.0 Å². The summed E-state index contributed by atoms with van der Waals surface area (Å²) in [5, 5.41) is 10.5. The molecule has 0 bridgehead atoms. The first-order valence-corrected chi connectivity index (χ1v) is 8.29. The fourth-order valence-electron chi connectivity index (χ4n) is 2.84. The van der Waals surface area contributed by atoms with Gasteiger partial charge in [0.2, 0.25) is 0 Å². The van der Waals surface area contributed by atoms with Gasteiger partial charge < -0.3 is 9.84 Å². The molecule has 0 spiro atoms. The van der Waals surface area contributed by atoms with Crippen LogP contribution in [-0.2, 0) is 14.6 Å². The summed E-state index contributed by atoms with van der Waals surface area (Å²) in [5.41, 5.74) is -1.07. The molecule has 5 nitrogen and oxygen atoms in total. The minimum absolute atomic E-state index is 0.197. The number of ether oxygens (including phenoxy) is 1. The molecule has 0 saturated carbocycles. The van der Waals surface area contributed by atoms with Crippen LogP contribution in [0.3, 0.4) is 0 Å². The van der Waals surface area contributed by atoms with Crippen LogP contribution in [0.15, 0.2) is 0 Å². The molecular weight excluding hydrogens is 254 g/mol. The summed E-state index contributed by atoms with van der Waals surface area (Å²) >= 11 is 0. The lowest BCUT2D eigenvalue weighted by molar-refractivity contribution is -0.0871. The molecular formula is C12H23NO4S. The van der Waals surface area contributed by atoms with Crippen molar-refractivity contribution in [1.82, 2.24) is 4.90 Å². The van der Waals surface area contributed by atoms with Gasteiger partial charge in [-0.2, -0.15) is 0 Å². The van der Waals surface area contributed by atoms with Gasteiger partial charge in [0.15, 0.2) is 9.84 Å². The Bertz CT molecular complexity index is 402. The van der Waals surface area contributed by atoms with Crippen LogP contribution in [0.2, 0.25) is 0 Å². The fourth-order valence-corrected chi connectivity index (χ4v) is 5.04. The third kappa shape index (κ3) is 3.04. The van der Waals surface area contributed by atoms with Gasteiger partial charge in [0.1, 0.15) is 0 Å². The summed E-state index contributed by atoms with van der Waals surface area (Å²) < 4.78 is 28.5. The number of hydrogen-bond donors (Lipinski definition) is 1. The molecule has 0 aromatic heterocycles. The van der Waals surface area contributed by atoms with E-state index < -0.39 is 15.4 Å². The second-order valence-corrected chi connectivity index (χ2v) is 8.22. The van der Waals surface area contributed by atoms with E-state index in [1.165, 1.54) is 0 Å². The van der Waals surface area contributed by atoms with E-state index >= 15 is 0 Å². The SMILES string of the molecule is CN(CC1(O)CCOCC1)[C@]1(C)CCS(=O)(=O)C1. The molecule has 0 unspecified atom stereocenters. The van der Waals surface area contributed by atoms with Crippen molar-refractivity contribution in [3.05, 3.63) is 0 Å². The molecule has 2 fully saturated rings. The quantitative estimate of drug-likeness (QED) is 0.789. The Morgan fingerprint density at radius 3 is 2.39 bits per heavy atom. The normalized spacial score (nSPS) is 34.9. The Balaban J connectivity index is 2.01. The molecule has 0 radical (unpaired) electrons. The van der Waals surface area contributed by atoms with E-state index in [1.807, 2.05) is 18.9 Å². The first kappa shape index (κ1) is 14.2. The van der Waals surface area contributed by atoms with Gasteiger partial charge in [-0.05, 0) is 20.4 Å². The smallest absolute Gasteiger partial charge is 0.152 e. The molecule has 2 heterocycles. The van der Waals surface area contributed by atoms with Crippen LogP contribution in [0, 0.1) is 0 Å². The number of sulfone groups is 1. The number of nitrogens with zero attached hydrogens (tertiary/aromatic N) is 1. The second kappa shape index (κ2) is 4.74. The van der Waals surface area contributed by atoms with E-state index in [0.717, 1.165) is 0 Å². The molecule has 1 N–H and O–H groups in total. The highest BCUT2D eigenvalue weighted by Gasteiger charge is 2.44. The topological polar surface area (TPSA) is 66.8 Å². The van der Waals surface area contributed by atoms with Gasteiger partial charge in [0, 0.05) is 38.1 Å². The zero-order valence-corrected chi connectivity index (χ0v) is 12.0. The van der Waals surface area contributed by atoms with Crippen molar-refractivity contribution in [2.45, 2.75) is 37.3 Å². The standard InChI is InChI=1S/C12H23NO4S/c1-11(5-8-18(15,16)10-11)13(2)9-12(14)3-6-17-7-4-12/h14H,3-10H2,1-2H3/t11-/m1/s1. The van der Waals surface area contributed by atoms with Crippen molar-refractivity contribution < 1.29 is 18.3 Å². The number of aliphatic hydroxyl groups is 1. The molecule has 0 amide bonds. The molecule has 0 aromatic carbocycles. The predicted octanol–water partition coefficient (Wildman–Crippen LogP) is 0.0369. The minimum Gasteiger partial charge on any atom is -0.388 e. The molecule has 106 valence electrons. The zero-order valence-electron chi connectivity index (χ0n) is 11.2. The maximum absolute atomic E-state index is 11.6. The second-order valence-electron chi connectivity index (χ2n) is 6.03. The molecule has 0 aromatic rings. The van der Waals surface area contributed by atoms with E-state index in [4.69, 9.17) is 4.74 Å². The molecule has 6 heteroatoms. The van der Waals surface area contributed by atoms with Crippen LogP contribution >= 0.6 is 0 Å². The average molecular weight is 277 g/mol. The highest BCUT2D eigenvalue weighted by molar-refractivity contribution is 7.91. The highest BCUT2D eigenvalue weighted by Crippen LogP contribution is 2.31. The molecule has 2 aliphatic rings. The van der Waals surface area contributed by atoms with Gasteiger partial charge >= 0.3 is 0 Å². The lowest BCUT2D eigenvalue weighted by Gasteiger charge is -2.41. The maximum atomic E-state index is 11.6. The summed E-state index contributed by atoms with van der Waals surface area (Å²) in [7, 11) is -0.997. The zero-order chi connectivity index (χ0) is 13.4. The van der Waals surface area contributed by atoms with Gasteiger partial charge in [0.05, 0.1) is 17.1 Å². The van der Waals surface area contributed by atoms with Crippen molar-refractivity contribution >= 4 is 9.84 Å². The summed E-state index contributed by atoms with van der Waals surface area (Å²) in [6, 6.07) is 0. The minimum atomic E-state index is -2.91. The molecule has 18 heavy (non-hydrogen) atoms. The van der Waals surface area contributed by atoms with Crippen LogP contribution in [0.25, 0.3) is 0 Å². The molecule has 2 saturated heterocycles. The summed E-state index contributed by atoms with van der Waals surface area (Å²) in [6.45, 7) is 3.65. The van der Waals surface area contributed by atoms with E-state index in [9.17, 15) is 13.5 Å². The van der Waals surface area contributed by atoms with E-state index in [1.54, 1.807) is 0 Å². The first-order chi connectivity index (χ1) is 8.25. The third-order valence-electron chi connectivity index (χ3n) is 4.36. The van der Waals surface area contributed by atoms with Crippen molar-refractivity contribution in [1.29, 1.82) is 0 Å². The monoisotopic (exact) mass is 277 g/mol. The Morgan fingerprint density at radius 2 is 1.89 bits per heavy atom. The number of β-amino-alcohol motifs (C(OH)–C–C–N with tert-alkyl or cyclic N) is 1. The summed E-state index contributed by atoms with van der Waals surface area (Å²) in [4.78, 5) is 2.02. The van der Waals surface area contributed by atoms with Gasteiger partial charge in [-0.15, -0.1) is 0 Å². The Morgan fingerprint density at radius 1 is 1.28 bits per heavy atom. The molecule has 2 aliphatic heterocycles. The lowest BCUT2D eigenvalue weighted by Crippen LogP contribution is -2.53. The number of likely N-dealkylation sites (N-methyl/N-ethyl adjacent to an activating group) is 1. The lowest BCUT2D eigenvalue weighted by atomic mass is 9.91. The number of hydrogen-bond acceptors (Lipinski definition) is 5. The van der Waals surface area contributed by atoms with Crippen molar-refractivity contribution in [2.24, 2.45) is 0 Å². The van der Waals surface area contributed by atoms with Gasteiger partial charge in [0.25, 0.3) is 0 Å². The fraction of sp³-hybridized carbons (Fsp3) is 1.00. The number of rotatable bonds is 3. The van der Waals surface area contributed by atoms with Gasteiger partial charge in [-0.1, -0.05) is 0 Å². The Labute approximate surface area is 109 Å². The average Bonchev–Trinajstić information content (AvgIpc) is 2.55. The Hall–Kier alpha value is -0.170. The molecule has 1 atom stereocenters.